The van der Waals surface area contributed by atoms with Crippen LogP contribution in [0.2, 0.25) is 0 Å². The van der Waals surface area contributed by atoms with Crippen LogP contribution in [0.1, 0.15) is 22.8 Å². The molecule has 0 radical (unpaired) electrons. The van der Waals surface area contributed by atoms with E-state index in [-0.39, 0.29) is 11.8 Å². The van der Waals surface area contributed by atoms with E-state index in [0.717, 1.165) is 5.56 Å². The van der Waals surface area contributed by atoms with Crippen molar-refractivity contribution >= 4 is 23.6 Å². The van der Waals surface area contributed by atoms with Gasteiger partial charge in [-0.15, -0.1) is 11.8 Å². The van der Waals surface area contributed by atoms with Crippen molar-refractivity contribution in [2.45, 2.75) is 11.8 Å². The maximum atomic E-state index is 12.4. The summed E-state index contributed by atoms with van der Waals surface area (Å²) in [5, 5.41) is 1.45. The summed E-state index contributed by atoms with van der Waals surface area (Å²) in [6, 6.07) is 18.6. The van der Waals surface area contributed by atoms with Gasteiger partial charge in [0, 0.05) is 5.56 Å². The quantitative estimate of drug-likeness (QED) is 0.948. The second-order valence-electron chi connectivity index (χ2n) is 5.17. The van der Waals surface area contributed by atoms with Crippen LogP contribution in [0.5, 0.6) is 0 Å². The maximum absolute atomic E-state index is 12.4. The van der Waals surface area contributed by atoms with Gasteiger partial charge in [0.25, 0.3) is 11.8 Å². The van der Waals surface area contributed by atoms with E-state index < -0.39 is 4.87 Å². The SMILES string of the molecule is CC1(c2ccccc2)SCC(=O)N1NC(=O)c1ccccc1. The Morgan fingerprint density at radius 3 is 2.32 bits per heavy atom. The number of amides is 2. The third-order valence-corrected chi connectivity index (χ3v) is 5.08. The van der Waals surface area contributed by atoms with E-state index in [0.29, 0.717) is 11.3 Å². The number of hydrogen-bond donors (Lipinski definition) is 1. The number of thioether (sulfide) groups is 1. The van der Waals surface area contributed by atoms with Crippen LogP contribution < -0.4 is 5.43 Å². The van der Waals surface area contributed by atoms with Crippen molar-refractivity contribution in [3.8, 4) is 0 Å². The molecule has 112 valence electrons. The summed E-state index contributed by atoms with van der Waals surface area (Å²) in [4.78, 5) is 24.0. The van der Waals surface area contributed by atoms with Gasteiger partial charge in [-0.3, -0.25) is 15.0 Å². The van der Waals surface area contributed by atoms with E-state index >= 15 is 0 Å². The Balaban J connectivity index is 1.87. The lowest BCUT2D eigenvalue weighted by molar-refractivity contribution is -0.132. The minimum atomic E-state index is -0.594. The second-order valence-corrected chi connectivity index (χ2v) is 6.55. The molecule has 1 saturated heterocycles. The molecule has 1 heterocycles. The van der Waals surface area contributed by atoms with Crippen molar-refractivity contribution in [3.63, 3.8) is 0 Å². The first kappa shape index (κ1) is 14.7. The van der Waals surface area contributed by atoms with E-state index in [2.05, 4.69) is 5.43 Å². The third-order valence-electron chi connectivity index (χ3n) is 3.71. The van der Waals surface area contributed by atoms with Gasteiger partial charge in [0.15, 0.2) is 0 Å². The predicted octanol–water partition coefficient (Wildman–Crippen LogP) is 2.78. The van der Waals surface area contributed by atoms with Crippen molar-refractivity contribution in [1.82, 2.24) is 10.4 Å². The molecule has 2 amide bonds. The number of nitrogens with zero attached hydrogens (tertiary/aromatic N) is 1. The predicted molar refractivity (Wildman–Crippen MR) is 87.0 cm³/mol. The number of carbonyl (C=O) groups is 2. The normalized spacial score (nSPS) is 21.0. The summed E-state index contributed by atoms with van der Waals surface area (Å²) in [5.41, 5.74) is 4.27. The molecule has 0 aliphatic carbocycles. The van der Waals surface area contributed by atoms with Gasteiger partial charge in [-0.25, -0.2) is 5.01 Å². The van der Waals surface area contributed by atoms with Crippen LogP contribution in [0.4, 0.5) is 0 Å². The van der Waals surface area contributed by atoms with E-state index in [1.807, 2.05) is 43.3 Å². The van der Waals surface area contributed by atoms with Gasteiger partial charge in [0.1, 0.15) is 4.87 Å². The number of hydrazine groups is 1. The van der Waals surface area contributed by atoms with Gasteiger partial charge < -0.3 is 0 Å². The summed E-state index contributed by atoms with van der Waals surface area (Å²) in [5.74, 6) is -0.0280. The molecule has 1 N–H and O–H groups in total. The van der Waals surface area contributed by atoms with Crippen molar-refractivity contribution < 1.29 is 9.59 Å². The van der Waals surface area contributed by atoms with E-state index in [1.54, 1.807) is 24.3 Å². The zero-order valence-electron chi connectivity index (χ0n) is 12.2. The molecule has 1 fully saturated rings. The second kappa shape index (κ2) is 5.85. The standard InChI is InChI=1S/C17H16N2O2S/c1-17(14-10-6-3-7-11-14)19(15(20)12-22-17)18-16(21)13-8-4-2-5-9-13/h2-11H,12H2,1H3,(H,18,21). The Labute approximate surface area is 133 Å². The highest BCUT2D eigenvalue weighted by Gasteiger charge is 2.45. The van der Waals surface area contributed by atoms with Gasteiger partial charge in [-0.2, -0.15) is 0 Å². The molecule has 0 aromatic heterocycles. The number of benzene rings is 2. The van der Waals surface area contributed by atoms with E-state index in [4.69, 9.17) is 0 Å². The fourth-order valence-corrected chi connectivity index (χ4v) is 3.57. The molecule has 1 aliphatic heterocycles. The fourth-order valence-electron chi connectivity index (χ4n) is 2.45. The maximum Gasteiger partial charge on any atom is 0.269 e. The van der Waals surface area contributed by atoms with E-state index in [9.17, 15) is 9.59 Å². The van der Waals surface area contributed by atoms with Gasteiger partial charge in [0.05, 0.1) is 5.75 Å². The fraction of sp³-hybridized carbons (Fsp3) is 0.176. The lowest BCUT2D eigenvalue weighted by Crippen LogP contribution is -2.51. The molecule has 2 aromatic carbocycles. The van der Waals surface area contributed by atoms with Gasteiger partial charge in [-0.1, -0.05) is 48.5 Å². The molecule has 0 spiro atoms. The minimum Gasteiger partial charge on any atom is -0.272 e. The van der Waals surface area contributed by atoms with Crippen molar-refractivity contribution in [2.75, 3.05) is 5.75 Å². The van der Waals surface area contributed by atoms with Crippen LogP contribution in [0.25, 0.3) is 0 Å². The highest BCUT2D eigenvalue weighted by Crippen LogP contribution is 2.43. The minimum absolute atomic E-state index is 0.0966. The molecule has 22 heavy (non-hydrogen) atoms. The number of rotatable bonds is 3. The van der Waals surface area contributed by atoms with Crippen LogP contribution in [0.15, 0.2) is 60.7 Å². The number of nitrogens with one attached hydrogen (secondary N) is 1. The average molecular weight is 312 g/mol. The monoisotopic (exact) mass is 312 g/mol. The zero-order valence-corrected chi connectivity index (χ0v) is 13.0. The summed E-state index contributed by atoms with van der Waals surface area (Å²) >= 11 is 1.51. The lowest BCUT2D eigenvalue weighted by Gasteiger charge is -2.34. The molecule has 1 unspecified atom stereocenters. The summed E-state index contributed by atoms with van der Waals surface area (Å²) in [6.07, 6.45) is 0. The van der Waals surface area contributed by atoms with Crippen LogP contribution >= 0.6 is 11.8 Å². The Bertz CT molecular complexity index is 690. The Morgan fingerprint density at radius 2 is 1.68 bits per heavy atom. The smallest absolute Gasteiger partial charge is 0.269 e. The molecule has 3 rings (SSSR count). The zero-order chi connectivity index (χ0) is 15.6. The molecule has 1 atom stereocenters. The molecule has 5 heteroatoms. The van der Waals surface area contributed by atoms with Crippen molar-refractivity contribution in [1.29, 1.82) is 0 Å². The van der Waals surface area contributed by atoms with Crippen LogP contribution in [-0.2, 0) is 9.67 Å². The first-order chi connectivity index (χ1) is 10.6. The largest absolute Gasteiger partial charge is 0.272 e. The van der Waals surface area contributed by atoms with Gasteiger partial charge in [0.2, 0.25) is 0 Å². The first-order valence-corrected chi connectivity index (χ1v) is 7.98. The third kappa shape index (κ3) is 2.60. The molecule has 1 aliphatic rings. The van der Waals surface area contributed by atoms with E-state index in [1.165, 1.54) is 16.8 Å². The summed E-state index contributed by atoms with van der Waals surface area (Å²) in [6.45, 7) is 1.95. The topological polar surface area (TPSA) is 49.4 Å². The van der Waals surface area contributed by atoms with Crippen LogP contribution in [0.3, 0.4) is 0 Å². The highest BCUT2D eigenvalue weighted by atomic mass is 32.2. The van der Waals surface area contributed by atoms with Gasteiger partial charge >= 0.3 is 0 Å². The highest BCUT2D eigenvalue weighted by molar-refractivity contribution is 8.01. The average Bonchev–Trinajstić information content (AvgIpc) is 2.86. The Kier molecular flexibility index (Phi) is 3.90. The lowest BCUT2D eigenvalue weighted by atomic mass is 10.1. The number of hydrogen-bond acceptors (Lipinski definition) is 3. The Hall–Kier alpha value is -2.27. The summed E-state index contributed by atoms with van der Waals surface area (Å²) < 4.78 is 0. The molecule has 0 bridgehead atoms. The molecule has 2 aromatic rings. The first-order valence-electron chi connectivity index (χ1n) is 7.00. The molecular formula is C17H16N2O2S. The molecule has 0 saturated carbocycles. The number of carbonyl (C=O) groups excluding carboxylic acids is 2. The Morgan fingerprint density at radius 1 is 1.09 bits per heavy atom. The van der Waals surface area contributed by atoms with Crippen LogP contribution in [-0.4, -0.2) is 22.6 Å². The van der Waals surface area contributed by atoms with Gasteiger partial charge in [-0.05, 0) is 24.6 Å². The molecule has 4 nitrogen and oxygen atoms in total. The van der Waals surface area contributed by atoms with Crippen molar-refractivity contribution in [2.24, 2.45) is 0 Å². The summed E-state index contributed by atoms with van der Waals surface area (Å²) in [7, 11) is 0. The van der Waals surface area contributed by atoms with Crippen molar-refractivity contribution in [3.05, 3.63) is 71.8 Å². The van der Waals surface area contributed by atoms with Crippen LogP contribution in [0, 0.1) is 0 Å². The molecular weight excluding hydrogens is 296 g/mol.